The van der Waals surface area contributed by atoms with Crippen molar-refractivity contribution >= 4 is 27.3 Å². The molecule has 2 aliphatic heterocycles. The summed E-state index contributed by atoms with van der Waals surface area (Å²) in [5.41, 5.74) is 1.56. The third-order valence-electron chi connectivity index (χ3n) is 5.78. The molecule has 34 heavy (non-hydrogen) atoms. The van der Waals surface area contributed by atoms with E-state index in [2.05, 4.69) is 5.32 Å². The monoisotopic (exact) mass is 493 g/mol. The maximum atomic E-state index is 14.0. The van der Waals surface area contributed by atoms with Gasteiger partial charge in [0.25, 0.3) is 0 Å². The number of morpholine rings is 2. The SMILES string of the molecule is COc1ccc(CC(=O)Nc2cc(S(=O)(=O)N3CCOCC3)ccc2N2CCOCC2)cc1F. The Bertz CT molecular complexity index is 1130. The molecule has 0 atom stereocenters. The second-order valence-electron chi connectivity index (χ2n) is 7.99. The summed E-state index contributed by atoms with van der Waals surface area (Å²) in [4.78, 5) is 15.0. The first-order chi connectivity index (χ1) is 16.4. The number of amides is 1. The zero-order chi connectivity index (χ0) is 24.1. The fourth-order valence-corrected chi connectivity index (χ4v) is 5.43. The normalized spacial score (nSPS) is 17.4. The number of nitrogens with zero attached hydrogens (tertiary/aromatic N) is 2. The van der Waals surface area contributed by atoms with E-state index in [-0.39, 0.29) is 36.1 Å². The van der Waals surface area contributed by atoms with Gasteiger partial charge in [-0.25, -0.2) is 12.8 Å². The van der Waals surface area contributed by atoms with Crippen molar-refractivity contribution in [3.8, 4) is 5.75 Å². The number of hydrogen-bond acceptors (Lipinski definition) is 7. The third kappa shape index (κ3) is 5.49. The summed E-state index contributed by atoms with van der Waals surface area (Å²) in [6.07, 6.45) is -0.0795. The number of methoxy groups -OCH3 is 1. The smallest absolute Gasteiger partial charge is 0.243 e. The van der Waals surface area contributed by atoms with Crippen molar-refractivity contribution in [1.82, 2.24) is 4.31 Å². The zero-order valence-corrected chi connectivity index (χ0v) is 19.8. The molecule has 2 heterocycles. The Kier molecular flexibility index (Phi) is 7.67. The van der Waals surface area contributed by atoms with E-state index in [1.807, 2.05) is 4.90 Å². The van der Waals surface area contributed by atoms with Gasteiger partial charge >= 0.3 is 0 Å². The second kappa shape index (κ2) is 10.7. The Labute approximate surface area is 198 Å². The predicted octanol–water partition coefficient (Wildman–Crippen LogP) is 1.87. The van der Waals surface area contributed by atoms with Crippen molar-refractivity contribution in [2.24, 2.45) is 0 Å². The molecule has 184 valence electrons. The van der Waals surface area contributed by atoms with Crippen molar-refractivity contribution in [1.29, 1.82) is 0 Å². The van der Waals surface area contributed by atoms with Crippen LogP contribution in [0.15, 0.2) is 41.3 Å². The third-order valence-corrected chi connectivity index (χ3v) is 7.68. The summed E-state index contributed by atoms with van der Waals surface area (Å²) in [5.74, 6) is -0.847. The molecule has 9 nitrogen and oxygen atoms in total. The first-order valence-electron chi connectivity index (χ1n) is 11.1. The topological polar surface area (TPSA) is 97.4 Å². The maximum Gasteiger partial charge on any atom is 0.243 e. The highest BCUT2D eigenvalue weighted by molar-refractivity contribution is 7.89. The lowest BCUT2D eigenvalue weighted by molar-refractivity contribution is -0.115. The van der Waals surface area contributed by atoms with Crippen LogP contribution < -0.4 is 15.0 Å². The van der Waals surface area contributed by atoms with Gasteiger partial charge in [-0.1, -0.05) is 6.07 Å². The molecular formula is C23H28FN3O6S. The van der Waals surface area contributed by atoms with E-state index in [0.29, 0.717) is 56.5 Å². The first kappa shape index (κ1) is 24.4. The molecule has 2 aliphatic rings. The van der Waals surface area contributed by atoms with E-state index >= 15 is 0 Å². The Morgan fingerprint density at radius 3 is 2.35 bits per heavy atom. The van der Waals surface area contributed by atoms with E-state index in [1.165, 1.54) is 29.6 Å². The number of carbonyl (C=O) groups is 1. The Balaban J connectivity index is 1.60. The van der Waals surface area contributed by atoms with E-state index in [0.717, 1.165) is 0 Å². The number of benzene rings is 2. The number of rotatable bonds is 7. The van der Waals surface area contributed by atoms with Crippen LogP contribution >= 0.6 is 0 Å². The molecular weight excluding hydrogens is 465 g/mol. The summed E-state index contributed by atoms with van der Waals surface area (Å²) in [6, 6.07) is 9.09. The average Bonchev–Trinajstić information content (AvgIpc) is 2.85. The molecule has 2 aromatic carbocycles. The number of ether oxygens (including phenoxy) is 3. The minimum absolute atomic E-state index is 0.0795. The van der Waals surface area contributed by atoms with Crippen LogP contribution in [0.25, 0.3) is 0 Å². The predicted molar refractivity (Wildman–Crippen MR) is 124 cm³/mol. The van der Waals surface area contributed by atoms with E-state index in [4.69, 9.17) is 14.2 Å². The van der Waals surface area contributed by atoms with Crippen LogP contribution in [-0.2, 0) is 30.7 Å². The molecule has 4 rings (SSSR count). The molecule has 1 N–H and O–H groups in total. The molecule has 0 spiro atoms. The summed E-state index contributed by atoms with van der Waals surface area (Å²) >= 11 is 0. The highest BCUT2D eigenvalue weighted by atomic mass is 32.2. The molecule has 2 fully saturated rings. The molecule has 0 aromatic heterocycles. The van der Waals surface area contributed by atoms with Crippen molar-refractivity contribution in [3.05, 3.63) is 47.8 Å². The van der Waals surface area contributed by atoms with Gasteiger partial charge in [0.05, 0.1) is 56.2 Å². The molecule has 0 saturated carbocycles. The molecule has 0 radical (unpaired) electrons. The number of nitrogens with one attached hydrogen (secondary N) is 1. The lowest BCUT2D eigenvalue weighted by Gasteiger charge is -2.31. The maximum absolute atomic E-state index is 14.0. The Morgan fingerprint density at radius 1 is 1.03 bits per heavy atom. The van der Waals surface area contributed by atoms with Gasteiger partial charge in [0.1, 0.15) is 0 Å². The summed E-state index contributed by atoms with van der Waals surface area (Å²) in [6.45, 7) is 3.53. The van der Waals surface area contributed by atoms with Gasteiger partial charge in [-0.2, -0.15) is 4.31 Å². The minimum Gasteiger partial charge on any atom is -0.494 e. The standard InChI is InChI=1S/C23H28FN3O6S/c1-31-22-5-2-17(14-19(22)24)15-23(28)25-20-16-18(34(29,30)27-8-12-33-13-9-27)3-4-21(20)26-6-10-32-11-7-26/h2-5,14,16H,6-13,15H2,1H3,(H,25,28). The van der Waals surface area contributed by atoms with Crippen molar-refractivity contribution in [2.45, 2.75) is 11.3 Å². The summed E-state index contributed by atoms with van der Waals surface area (Å²) < 4.78 is 57.4. The van der Waals surface area contributed by atoms with Crippen LogP contribution in [0.5, 0.6) is 5.75 Å². The van der Waals surface area contributed by atoms with Gasteiger partial charge in [0.2, 0.25) is 15.9 Å². The summed E-state index contributed by atoms with van der Waals surface area (Å²) in [5, 5.41) is 2.84. The number of sulfonamides is 1. The number of carbonyl (C=O) groups excluding carboxylic acids is 1. The van der Waals surface area contributed by atoms with E-state index in [1.54, 1.807) is 18.2 Å². The van der Waals surface area contributed by atoms with E-state index < -0.39 is 15.8 Å². The fourth-order valence-electron chi connectivity index (χ4n) is 3.99. The highest BCUT2D eigenvalue weighted by Gasteiger charge is 2.28. The van der Waals surface area contributed by atoms with Crippen LogP contribution in [0.2, 0.25) is 0 Å². The van der Waals surface area contributed by atoms with Crippen molar-refractivity contribution < 1.29 is 31.8 Å². The summed E-state index contributed by atoms with van der Waals surface area (Å²) in [7, 11) is -2.37. The molecule has 0 unspecified atom stereocenters. The van der Waals surface area contributed by atoms with Crippen LogP contribution in [0, 0.1) is 5.82 Å². The van der Waals surface area contributed by atoms with Crippen LogP contribution in [0.3, 0.4) is 0 Å². The molecule has 2 aromatic rings. The quantitative estimate of drug-likeness (QED) is 0.629. The van der Waals surface area contributed by atoms with Gasteiger partial charge in [-0.15, -0.1) is 0 Å². The number of hydrogen-bond donors (Lipinski definition) is 1. The van der Waals surface area contributed by atoms with Crippen molar-refractivity contribution in [3.63, 3.8) is 0 Å². The molecule has 0 bridgehead atoms. The highest BCUT2D eigenvalue weighted by Crippen LogP contribution is 2.31. The largest absolute Gasteiger partial charge is 0.494 e. The van der Waals surface area contributed by atoms with Gasteiger partial charge in [-0.05, 0) is 35.9 Å². The van der Waals surface area contributed by atoms with E-state index in [9.17, 15) is 17.6 Å². The van der Waals surface area contributed by atoms with Gasteiger partial charge < -0.3 is 24.4 Å². The minimum atomic E-state index is -3.74. The van der Waals surface area contributed by atoms with Crippen LogP contribution in [0.1, 0.15) is 5.56 Å². The van der Waals surface area contributed by atoms with Crippen LogP contribution in [0.4, 0.5) is 15.8 Å². The Morgan fingerprint density at radius 2 is 1.71 bits per heavy atom. The molecule has 1 amide bonds. The van der Waals surface area contributed by atoms with Gasteiger partial charge in [-0.3, -0.25) is 4.79 Å². The zero-order valence-electron chi connectivity index (χ0n) is 19.0. The number of halogens is 1. The molecule has 11 heteroatoms. The fraction of sp³-hybridized carbons (Fsp3) is 0.435. The molecule has 2 saturated heterocycles. The second-order valence-corrected chi connectivity index (χ2v) is 9.93. The van der Waals surface area contributed by atoms with Gasteiger partial charge in [0, 0.05) is 26.2 Å². The van der Waals surface area contributed by atoms with Crippen LogP contribution in [-0.4, -0.2) is 78.3 Å². The average molecular weight is 494 g/mol. The lowest BCUT2D eigenvalue weighted by atomic mass is 10.1. The lowest BCUT2D eigenvalue weighted by Crippen LogP contribution is -2.40. The molecule has 0 aliphatic carbocycles. The van der Waals surface area contributed by atoms with Gasteiger partial charge in [0.15, 0.2) is 11.6 Å². The van der Waals surface area contributed by atoms with Crippen molar-refractivity contribution in [2.75, 3.05) is 69.9 Å². The first-order valence-corrected chi connectivity index (χ1v) is 12.5. The number of anilines is 2. The Hall–Kier alpha value is -2.73.